The number of aliphatic hydroxyl groups excluding tert-OH is 1. The predicted molar refractivity (Wildman–Crippen MR) is 92.1 cm³/mol. The van der Waals surface area contributed by atoms with Crippen LogP contribution in [0.15, 0.2) is 30.3 Å². The lowest BCUT2D eigenvalue weighted by molar-refractivity contribution is 0.250. The van der Waals surface area contributed by atoms with Crippen LogP contribution in [-0.2, 0) is 0 Å². The van der Waals surface area contributed by atoms with E-state index in [0.717, 1.165) is 23.0 Å². The first-order chi connectivity index (χ1) is 10.7. The van der Waals surface area contributed by atoms with Crippen molar-refractivity contribution in [3.8, 4) is 10.6 Å². The molecule has 0 saturated heterocycles. The lowest BCUT2D eigenvalue weighted by Crippen LogP contribution is -2.34. The van der Waals surface area contributed by atoms with E-state index in [-0.39, 0.29) is 12.6 Å². The summed E-state index contributed by atoms with van der Waals surface area (Å²) in [6, 6.07) is 11.1. The molecular formula is C18H24N2OS. The van der Waals surface area contributed by atoms with Crippen LogP contribution in [0.3, 0.4) is 0 Å². The first-order valence-corrected chi connectivity index (χ1v) is 8.90. The van der Waals surface area contributed by atoms with Crippen molar-refractivity contribution in [3.63, 3.8) is 0 Å². The van der Waals surface area contributed by atoms with Gasteiger partial charge in [-0.2, -0.15) is 0 Å². The van der Waals surface area contributed by atoms with Crippen molar-refractivity contribution in [3.05, 3.63) is 40.9 Å². The van der Waals surface area contributed by atoms with Gasteiger partial charge in [-0.25, -0.2) is 4.98 Å². The summed E-state index contributed by atoms with van der Waals surface area (Å²) < 4.78 is 0. The molecule has 3 rings (SSSR count). The molecular weight excluding hydrogens is 292 g/mol. The Hall–Kier alpha value is -1.23. The highest BCUT2D eigenvalue weighted by molar-refractivity contribution is 7.15. The van der Waals surface area contributed by atoms with Gasteiger partial charge in [0.1, 0.15) is 5.01 Å². The first kappa shape index (κ1) is 15.7. The molecule has 22 heavy (non-hydrogen) atoms. The van der Waals surface area contributed by atoms with Crippen LogP contribution in [0.25, 0.3) is 10.6 Å². The molecule has 2 unspecified atom stereocenters. The van der Waals surface area contributed by atoms with Crippen LogP contribution in [0.4, 0.5) is 0 Å². The smallest absolute Gasteiger partial charge is 0.123 e. The molecule has 0 spiro atoms. The maximum atomic E-state index is 9.25. The van der Waals surface area contributed by atoms with Gasteiger partial charge in [0.05, 0.1) is 5.69 Å². The molecule has 1 heterocycles. The van der Waals surface area contributed by atoms with Crippen LogP contribution in [0.1, 0.15) is 42.8 Å². The second-order valence-corrected chi connectivity index (χ2v) is 7.21. The molecule has 0 bridgehead atoms. The lowest BCUT2D eigenvalue weighted by atomic mass is 10.1. The van der Waals surface area contributed by atoms with E-state index in [9.17, 15) is 5.11 Å². The molecule has 2 atom stereocenters. The van der Waals surface area contributed by atoms with Gasteiger partial charge in [-0.3, -0.25) is 0 Å². The van der Waals surface area contributed by atoms with Gasteiger partial charge >= 0.3 is 0 Å². The molecule has 1 fully saturated rings. The molecule has 1 aliphatic carbocycles. The Morgan fingerprint density at radius 3 is 2.68 bits per heavy atom. The van der Waals surface area contributed by atoms with Gasteiger partial charge in [0.2, 0.25) is 0 Å². The number of aromatic nitrogens is 1. The van der Waals surface area contributed by atoms with Crippen molar-refractivity contribution in [1.29, 1.82) is 0 Å². The van der Waals surface area contributed by atoms with E-state index < -0.39 is 0 Å². The second-order valence-electron chi connectivity index (χ2n) is 6.18. The van der Waals surface area contributed by atoms with Crippen molar-refractivity contribution in [2.45, 2.75) is 45.2 Å². The van der Waals surface area contributed by atoms with Crippen molar-refractivity contribution in [2.24, 2.45) is 5.92 Å². The average Bonchev–Trinajstić information content (AvgIpc) is 3.30. The topological polar surface area (TPSA) is 45.2 Å². The number of rotatable bonds is 7. The van der Waals surface area contributed by atoms with E-state index in [2.05, 4.69) is 43.4 Å². The van der Waals surface area contributed by atoms with E-state index in [1.807, 2.05) is 6.07 Å². The van der Waals surface area contributed by atoms with Crippen LogP contribution >= 0.6 is 11.3 Å². The summed E-state index contributed by atoms with van der Waals surface area (Å²) in [4.78, 5) is 6.05. The highest BCUT2D eigenvalue weighted by Gasteiger charge is 2.32. The second kappa shape index (κ2) is 6.90. The first-order valence-electron chi connectivity index (χ1n) is 8.08. The third-order valence-electron chi connectivity index (χ3n) is 4.34. The van der Waals surface area contributed by atoms with Gasteiger partial charge in [0.25, 0.3) is 0 Å². The molecule has 3 nitrogen and oxygen atoms in total. The lowest BCUT2D eigenvalue weighted by Gasteiger charge is -2.22. The van der Waals surface area contributed by atoms with Gasteiger partial charge in [0, 0.05) is 29.1 Å². The van der Waals surface area contributed by atoms with Crippen molar-refractivity contribution < 1.29 is 5.11 Å². The molecule has 0 aliphatic heterocycles. The van der Waals surface area contributed by atoms with Gasteiger partial charge in [0.15, 0.2) is 0 Å². The predicted octanol–water partition coefficient (Wildman–Crippen LogP) is 3.93. The fourth-order valence-electron chi connectivity index (χ4n) is 3.00. The fourth-order valence-corrected chi connectivity index (χ4v) is 4.09. The van der Waals surface area contributed by atoms with Crippen LogP contribution < -0.4 is 5.32 Å². The summed E-state index contributed by atoms with van der Waals surface area (Å²) in [5, 5.41) is 14.1. The number of thiazole rings is 1. The molecule has 118 valence electrons. The monoisotopic (exact) mass is 316 g/mol. The molecule has 2 aromatic rings. The minimum Gasteiger partial charge on any atom is -0.396 e. The van der Waals surface area contributed by atoms with Crippen LogP contribution in [0.5, 0.6) is 0 Å². The Balaban J connectivity index is 1.75. The zero-order chi connectivity index (χ0) is 15.5. The summed E-state index contributed by atoms with van der Waals surface area (Å²) in [7, 11) is 0. The average molecular weight is 316 g/mol. The largest absolute Gasteiger partial charge is 0.396 e. The fraction of sp³-hybridized carbons (Fsp3) is 0.500. The van der Waals surface area contributed by atoms with Gasteiger partial charge in [-0.05, 0) is 39.0 Å². The van der Waals surface area contributed by atoms with Crippen LogP contribution in [0, 0.1) is 12.8 Å². The molecule has 1 aliphatic rings. The van der Waals surface area contributed by atoms with E-state index in [1.54, 1.807) is 11.3 Å². The Bertz CT molecular complexity index is 607. The number of nitrogens with zero attached hydrogens (tertiary/aromatic N) is 1. The van der Waals surface area contributed by atoms with E-state index in [0.29, 0.717) is 6.04 Å². The summed E-state index contributed by atoms with van der Waals surface area (Å²) >= 11 is 1.78. The normalized spacial score (nSPS) is 17.4. The van der Waals surface area contributed by atoms with Gasteiger partial charge < -0.3 is 10.4 Å². The van der Waals surface area contributed by atoms with Crippen LogP contribution in [0.2, 0.25) is 0 Å². The molecule has 4 heteroatoms. The number of aliphatic hydroxyl groups is 1. The quantitative estimate of drug-likeness (QED) is 0.813. The van der Waals surface area contributed by atoms with Crippen molar-refractivity contribution in [2.75, 3.05) is 6.61 Å². The number of benzene rings is 1. The van der Waals surface area contributed by atoms with Gasteiger partial charge in [-0.1, -0.05) is 30.3 Å². The maximum Gasteiger partial charge on any atom is 0.123 e. The zero-order valence-corrected chi connectivity index (χ0v) is 14.1. The summed E-state index contributed by atoms with van der Waals surface area (Å²) in [5.41, 5.74) is 2.30. The molecule has 1 aromatic heterocycles. The molecule has 0 radical (unpaired) electrons. The van der Waals surface area contributed by atoms with Crippen molar-refractivity contribution >= 4 is 11.3 Å². The Labute approximate surface area is 136 Å². The zero-order valence-electron chi connectivity index (χ0n) is 13.2. The molecule has 1 aromatic carbocycles. The molecule has 0 amide bonds. The maximum absolute atomic E-state index is 9.25. The Morgan fingerprint density at radius 2 is 2.05 bits per heavy atom. The Kier molecular flexibility index (Phi) is 4.91. The van der Waals surface area contributed by atoms with E-state index in [4.69, 9.17) is 4.98 Å². The minimum atomic E-state index is 0.262. The summed E-state index contributed by atoms with van der Waals surface area (Å²) in [5.74, 6) is 0.747. The van der Waals surface area contributed by atoms with Gasteiger partial charge in [-0.15, -0.1) is 11.3 Å². The molecule has 2 N–H and O–H groups in total. The number of nitrogens with one attached hydrogen (secondary N) is 1. The van der Waals surface area contributed by atoms with Crippen molar-refractivity contribution in [1.82, 2.24) is 10.3 Å². The third-order valence-corrected chi connectivity index (χ3v) is 5.73. The summed E-state index contributed by atoms with van der Waals surface area (Å²) in [6.07, 6.45) is 3.43. The number of hydrogen-bond donors (Lipinski definition) is 2. The highest BCUT2D eigenvalue weighted by atomic mass is 32.1. The summed E-state index contributed by atoms with van der Waals surface area (Å²) in [6.45, 7) is 4.56. The standard InChI is InChI=1S/C18H24N2OS/c1-12(19-16(10-11-21)14-8-9-14)17-13(2)20-18(22-17)15-6-4-3-5-7-15/h3-7,12,14,16,19,21H,8-11H2,1-2H3. The molecule has 1 saturated carbocycles. The Morgan fingerprint density at radius 1 is 1.32 bits per heavy atom. The third kappa shape index (κ3) is 3.57. The number of hydrogen-bond acceptors (Lipinski definition) is 4. The van der Waals surface area contributed by atoms with E-state index in [1.165, 1.54) is 23.3 Å². The minimum absolute atomic E-state index is 0.262. The SMILES string of the molecule is Cc1nc(-c2ccccc2)sc1C(C)NC(CCO)C1CC1. The van der Waals surface area contributed by atoms with E-state index >= 15 is 0 Å². The number of aryl methyl sites for hydroxylation is 1. The highest BCUT2D eigenvalue weighted by Crippen LogP contribution is 2.37. The van der Waals surface area contributed by atoms with Crippen LogP contribution in [-0.4, -0.2) is 22.7 Å².